The third kappa shape index (κ3) is 2.96. The SMILES string of the molecule is CC(C)Cc1ccccc1-n1c(-c2ccccc2)nc2ccccc21. The maximum absolute atomic E-state index is 4.94. The van der Waals surface area contributed by atoms with E-state index in [0.29, 0.717) is 5.92 Å². The summed E-state index contributed by atoms with van der Waals surface area (Å²) in [6.07, 6.45) is 1.05. The molecule has 0 atom stereocenters. The van der Waals surface area contributed by atoms with Gasteiger partial charge in [0.1, 0.15) is 5.82 Å². The molecule has 0 amide bonds. The van der Waals surface area contributed by atoms with Gasteiger partial charge < -0.3 is 0 Å². The van der Waals surface area contributed by atoms with Gasteiger partial charge in [0.05, 0.1) is 16.7 Å². The first-order chi connectivity index (χ1) is 12.2. The largest absolute Gasteiger partial charge is 0.292 e. The van der Waals surface area contributed by atoms with Crippen molar-refractivity contribution in [1.82, 2.24) is 9.55 Å². The molecule has 0 unspecified atom stereocenters. The fraction of sp³-hybridized carbons (Fsp3) is 0.174. The number of hydrogen-bond acceptors (Lipinski definition) is 1. The number of nitrogens with zero attached hydrogens (tertiary/aromatic N) is 2. The Balaban J connectivity index is 2.02. The summed E-state index contributed by atoms with van der Waals surface area (Å²) in [6, 6.07) is 27.5. The molecule has 0 aliphatic heterocycles. The number of imidazole rings is 1. The first-order valence-corrected chi connectivity index (χ1v) is 8.85. The van der Waals surface area contributed by atoms with E-state index >= 15 is 0 Å². The van der Waals surface area contributed by atoms with Crippen LogP contribution in [0.3, 0.4) is 0 Å². The molecule has 0 spiro atoms. The van der Waals surface area contributed by atoms with Crippen molar-refractivity contribution in [3.05, 3.63) is 84.4 Å². The molecule has 0 radical (unpaired) electrons. The number of benzene rings is 3. The van der Waals surface area contributed by atoms with Crippen LogP contribution in [0.5, 0.6) is 0 Å². The lowest BCUT2D eigenvalue weighted by molar-refractivity contribution is 0.645. The van der Waals surface area contributed by atoms with Gasteiger partial charge in [0.25, 0.3) is 0 Å². The van der Waals surface area contributed by atoms with Crippen molar-refractivity contribution in [2.75, 3.05) is 0 Å². The Morgan fingerprint density at radius 2 is 1.48 bits per heavy atom. The van der Waals surface area contributed by atoms with Gasteiger partial charge in [0, 0.05) is 5.56 Å². The smallest absolute Gasteiger partial charge is 0.145 e. The molecular formula is C23H22N2. The molecule has 0 fully saturated rings. The number of rotatable bonds is 4. The number of para-hydroxylation sites is 3. The quantitative estimate of drug-likeness (QED) is 0.457. The molecule has 0 N–H and O–H groups in total. The van der Waals surface area contributed by atoms with Gasteiger partial charge in [0.15, 0.2) is 0 Å². The van der Waals surface area contributed by atoms with Crippen LogP contribution in [-0.2, 0) is 6.42 Å². The van der Waals surface area contributed by atoms with Gasteiger partial charge >= 0.3 is 0 Å². The number of aromatic nitrogens is 2. The molecule has 0 saturated heterocycles. The lowest BCUT2D eigenvalue weighted by Crippen LogP contribution is -2.04. The number of hydrogen-bond donors (Lipinski definition) is 0. The third-order valence-electron chi connectivity index (χ3n) is 4.45. The summed E-state index contributed by atoms with van der Waals surface area (Å²) in [4.78, 5) is 4.94. The fourth-order valence-electron chi connectivity index (χ4n) is 3.39. The van der Waals surface area contributed by atoms with Crippen LogP contribution in [0, 0.1) is 5.92 Å². The molecule has 2 heteroatoms. The van der Waals surface area contributed by atoms with Crippen molar-refractivity contribution in [3.8, 4) is 17.1 Å². The highest BCUT2D eigenvalue weighted by Crippen LogP contribution is 2.30. The highest BCUT2D eigenvalue weighted by molar-refractivity contribution is 5.83. The molecule has 2 nitrogen and oxygen atoms in total. The molecule has 0 bridgehead atoms. The lowest BCUT2D eigenvalue weighted by atomic mass is 10.0. The van der Waals surface area contributed by atoms with Gasteiger partial charge in [-0.1, -0.05) is 74.5 Å². The first-order valence-electron chi connectivity index (χ1n) is 8.85. The van der Waals surface area contributed by atoms with Crippen LogP contribution >= 0.6 is 0 Å². The van der Waals surface area contributed by atoms with Crippen molar-refractivity contribution >= 4 is 11.0 Å². The van der Waals surface area contributed by atoms with Crippen LogP contribution in [0.25, 0.3) is 28.1 Å². The minimum absolute atomic E-state index is 0.608. The van der Waals surface area contributed by atoms with Gasteiger partial charge in [-0.25, -0.2) is 4.98 Å². The third-order valence-corrected chi connectivity index (χ3v) is 4.45. The molecule has 4 aromatic rings. The van der Waals surface area contributed by atoms with Crippen LogP contribution in [0.1, 0.15) is 19.4 Å². The summed E-state index contributed by atoms with van der Waals surface area (Å²) in [5.74, 6) is 1.61. The van der Waals surface area contributed by atoms with E-state index in [1.54, 1.807) is 0 Å². The van der Waals surface area contributed by atoms with E-state index < -0.39 is 0 Å². The summed E-state index contributed by atoms with van der Waals surface area (Å²) in [5, 5.41) is 0. The predicted octanol–water partition coefficient (Wildman–Crippen LogP) is 5.89. The van der Waals surface area contributed by atoms with Gasteiger partial charge in [-0.05, 0) is 36.1 Å². The highest BCUT2D eigenvalue weighted by atomic mass is 15.1. The second kappa shape index (κ2) is 6.56. The minimum Gasteiger partial charge on any atom is -0.292 e. The second-order valence-electron chi connectivity index (χ2n) is 6.85. The van der Waals surface area contributed by atoms with Crippen molar-refractivity contribution < 1.29 is 0 Å². The lowest BCUT2D eigenvalue weighted by Gasteiger charge is -2.15. The molecule has 25 heavy (non-hydrogen) atoms. The van der Waals surface area contributed by atoms with Gasteiger partial charge in [-0.15, -0.1) is 0 Å². The standard InChI is InChI=1S/C23H22N2/c1-17(2)16-19-12-6-8-14-21(19)25-22-15-9-7-13-20(22)24-23(25)18-10-4-3-5-11-18/h3-15,17H,16H2,1-2H3. The molecule has 124 valence electrons. The van der Waals surface area contributed by atoms with Crippen LogP contribution in [0.4, 0.5) is 0 Å². The Labute approximate surface area is 148 Å². The van der Waals surface area contributed by atoms with Gasteiger partial charge in [-0.3, -0.25) is 4.57 Å². The molecule has 4 rings (SSSR count). The van der Waals surface area contributed by atoms with E-state index in [0.717, 1.165) is 28.8 Å². The summed E-state index contributed by atoms with van der Waals surface area (Å²) < 4.78 is 2.31. The first kappa shape index (κ1) is 15.6. The topological polar surface area (TPSA) is 17.8 Å². The summed E-state index contributed by atoms with van der Waals surface area (Å²) >= 11 is 0. The Bertz CT molecular complexity index is 997. The van der Waals surface area contributed by atoms with E-state index in [1.807, 2.05) is 6.07 Å². The molecule has 1 aromatic heterocycles. The van der Waals surface area contributed by atoms with Crippen LogP contribution in [0.2, 0.25) is 0 Å². The average Bonchev–Trinajstić information content (AvgIpc) is 3.02. The van der Waals surface area contributed by atoms with Crippen molar-refractivity contribution in [2.24, 2.45) is 5.92 Å². The maximum Gasteiger partial charge on any atom is 0.145 e. The normalized spacial score (nSPS) is 11.3. The molecule has 0 aliphatic rings. The highest BCUT2D eigenvalue weighted by Gasteiger charge is 2.16. The summed E-state index contributed by atoms with van der Waals surface area (Å²) in [6.45, 7) is 4.53. The molecule has 3 aromatic carbocycles. The average molecular weight is 326 g/mol. The Morgan fingerprint density at radius 3 is 2.28 bits per heavy atom. The maximum atomic E-state index is 4.94. The monoisotopic (exact) mass is 326 g/mol. The van der Waals surface area contributed by atoms with Crippen LogP contribution < -0.4 is 0 Å². The van der Waals surface area contributed by atoms with E-state index in [4.69, 9.17) is 4.98 Å². The molecule has 0 saturated carbocycles. The Morgan fingerprint density at radius 1 is 0.800 bits per heavy atom. The summed E-state index contributed by atoms with van der Waals surface area (Å²) in [7, 11) is 0. The Kier molecular flexibility index (Phi) is 4.10. The molecule has 0 aliphatic carbocycles. The predicted molar refractivity (Wildman–Crippen MR) is 105 cm³/mol. The zero-order valence-corrected chi connectivity index (χ0v) is 14.7. The Hall–Kier alpha value is -2.87. The number of fused-ring (bicyclic) bond motifs is 1. The van der Waals surface area contributed by atoms with Crippen LogP contribution in [-0.4, -0.2) is 9.55 Å². The molecular weight excluding hydrogens is 304 g/mol. The van der Waals surface area contributed by atoms with Crippen molar-refractivity contribution in [2.45, 2.75) is 20.3 Å². The summed E-state index contributed by atoms with van der Waals surface area (Å²) in [5.41, 5.74) is 5.90. The van der Waals surface area contributed by atoms with E-state index in [2.05, 4.69) is 91.2 Å². The minimum atomic E-state index is 0.608. The fourth-order valence-corrected chi connectivity index (χ4v) is 3.39. The second-order valence-corrected chi connectivity index (χ2v) is 6.85. The van der Waals surface area contributed by atoms with Crippen molar-refractivity contribution in [1.29, 1.82) is 0 Å². The van der Waals surface area contributed by atoms with Crippen LogP contribution in [0.15, 0.2) is 78.9 Å². The van der Waals surface area contributed by atoms with Crippen molar-refractivity contribution in [3.63, 3.8) is 0 Å². The zero-order chi connectivity index (χ0) is 17.2. The van der Waals surface area contributed by atoms with Gasteiger partial charge in [0.2, 0.25) is 0 Å². The van der Waals surface area contributed by atoms with E-state index in [1.165, 1.54) is 11.3 Å². The molecule has 1 heterocycles. The van der Waals surface area contributed by atoms with E-state index in [-0.39, 0.29) is 0 Å². The zero-order valence-electron chi connectivity index (χ0n) is 14.7. The van der Waals surface area contributed by atoms with E-state index in [9.17, 15) is 0 Å². The van der Waals surface area contributed by atoms with Gasteiger partial charge in [-0.2, -0.15) is 0 Å².